The van der Waals surface area contributed by atoms with Crippen LogP contribution in [0.2, 0.25) is 0 Å². The largest absolute Gasteiger partial charge is 0.463 e. The summed E-state index contributed by atoms with van der Waals surface area (Å²) in [6.07, 6.45) is 0.926. The van der Waals surface area contributed by atoms with Gasteiger partial charge < -0.3 is 9.47 Å². The van der Waals surface area contributed by atoms with E-state index in [9.17, 15) is 0 Å². The quantitative estimate of drug-likeness (QED) is 0.268. The third-order valence-corrected chi connectivity index (χ3v) is 11.2. The van der Waals surface area contributed by atoms with Crippen LogP contribution in [0.3, 0.4) is 0 Å². The molecule has 2 aromatic rings. The number of hydrogen-bond acceptors (Lipinski definition) is 2. The van der Waals surface area contributed by atoms with Gasteiger partial charge in [0.2, 0.25) is 3.42 Å². The molecule has 0 amide bonds. The minimum absolute atomic E-state index is 0.337. The molecule has 0 N–H and O–H groups in total. The van der Waals surface area contributed by atoms with Gasteiger partial charge in [-0.15, -0.1) is 0 Å². The first-order chi connectivity index (χ1) is 11.8. The van der Waals surface area contributed by atoms with Gasteiger partial charge in [-0.25, -0.2) is 0 Å². The summed E-state index contributed by atoms with van der Waals surface area (Å²) in [7, 11) is 0. The SMILES string of the molecule is CCCOC(Br)C(Br)(Br)C(Br)(Br)Oc1cccc(-c2ccccc2)c1. The van der Waals surface area contributed by atoms with Crippen molar-refractivity contribution in [3.8, 4) is 16.9 Å². The molecule has 0 aliphatic heterocycles. The average molecular weight is 665 g/mol. The van der Waals surface area contributed by atoms with Gasteiger partial charge in [0.1, 0.15) is 10.8 Å². The zero-order valence-electron chi connectivity index (χ0n) is 13.4. The minimum Gasteiger partial charge on any atom is -0.463 e. The fourth-order valence-electron chi connectivity index (χ4n) is 2.04. The maximum absolute atomic E-state index is 6.16. The second kappa shape index (κ2) is 9.69. The molecule has 0 fully saturated rings. The van der Waals surface area contributed by atoms with Gasteiger partial charge in [-0.1, -0.05) is 97.2 Å². The van der Waals surface area contributed by atoms with Crippen molar-refractivity contribution in [1.82, 2.24) is 0 Å². The van der Waals surface area contributed by atoms with Crippen molar-refractivity contribution in [3.63, 3.8) is 0 Å². The molecule has 0 aromatic heterocycles. The normalized spacial score (nSPS) is 13.5. The Labute approximate surface area is 190 Å². The predicted octanol–water partition coefficient (Wildman–Crippen LogP) is 7.81. The molecule has 0 bridgehead atoms. The molecule has 0 saturated heterocycles. The van der Waals surface area contributed by atoms with Gasteiger partial charge in [0.15, 0.2) is 3.23 Å². The van der Waals surface area contributed by atoms with Crippen LogP contribution in [0.1, 0.15) is 13.3 Å². The molecule has 1 unspecified atom stereocenters. The van der Waals surface area contributed by atoms with Gasteiger partial charge in [-0.3, -0.25) is 0 Å². The van der Waals surface area contributed by atoms with Crippen molar-refractivity contribution in [1.29, 1.82) is 0 Å². The van der Waals surface area contributed by atoms with Crippen LogP contribution in [0, 0.1) is 0 Å². The average Bonchev–Trinajstić information content (AvgIpc) is 2.60. The molecule has 0 heterocycles. The topological polar surface area (TPSA) is 18.5 Å². The van der Waals surface area contributed by atoms with E-state index in [1.165, 1.54) is 0 Å². The van der Waals surface area contributed by atoms with Gasteiger partial charge in [0.05, 0.1) is 0 Å². The molecule has 0 aliphatic carbocycles. The van der Waals surface area contributed by atoms with Crippen LogP contribution in [0.4, 0.5) is 0 Å². The maximum atomic E-state index is 6.16. The second-order valence-corrected chi connectivity index (χ2v) is 13.0. The van der Waals surface area contributed by atoms with Crippen LogP contribution in [-0.4, -0.2) is 18.3 Å². The zero-order valence-corrected chi connectivity index (χ0v) is 21.3. The highest BCUT2D eigenvalue weighted by Crippen LogP contribution is 2.53. The second-order valence-electron chi connectivity index (χ2n) is 5.32. The van der Waals surface area contributed by atoms with Crippen LogP contribution in [0.5, 0.6) is 5.75 Å². The van der Waals surface area contributed by atoms with Crippen LogP contribution in [-0.2, 0) is 4.74 Å². The van der Waals surface area contributed by atoms with Gasteiger partial charge in [0, 0.05) is 6.61 Å². The molecule has 136 valence electrons. The maximum Gasteiger partial charge on any atom is 0.246 e. The summed E-state index contributed by atoms with van der Waals surface area (Å²) in [5.74, 6) is 0.716. The molecular formula is C18H17Br5O2. The summed E-state index contributed by atoms with van der Waals surface area (Å²) in [5, 5.41) is -0.337. The Morgan fingerprint density at radius 3 is 2.20 bits per heavy atom. The molecule has 7 heteroatoms. The summed E-state index contributed by atoms with van der Waals surface area (Å²) >= 11 is 18.0. The Kier molecular flexibility index (Phi) is 8.49. The fraction of sp³-hybridized carbons (Fsp3) is 0.333. The monoisotopic (exact) mass is 660 g/mol. The number of halogens is 5. The van der Waals surface area contributed by atoms with Crippen molar-refractivity contribution in [2.24, 2.45) is 0 Å². The Bertz CT molecular complexity index is 676. The van der Waals surface area contributed by atoms with Gasteiger partial charge >= 0.3 is 0 Å². The van der Waals surface area contributed by atoms with Gasteiger partial charge in [-0.05, 0) is 61.5 Å². The number of rotatable bonds is 8. The lowest BCUT2D eigenvalue weighted by Gasteiger charge is -2.37. The third-order valence-electron chi connectivity index (χ3n) is 3.33. The van der Waals surface area contributed by atoms with E-state index in [4.69, 9.17) is 9.47 Å². The lowest BCUT2D eigenvalue weighted by Crippen LogP contribution is -2.47. The molecule has 1 atom stereocenters. The van der Waals surface area contributed by atoms with Crippen molar-refractivity contribution >= 4 is 79.6 Å². The van der Waals surface area contributed by atoms with E-state index in [1.807, 2.05) is 36.4 Å². The first kappa shape index (κ1) is 21.9. The highest BCUT2D eigenvalue weighted by Gasteiger charge is 2.53. The molecular weight excluding hydrogens is 648 g/mol. The van der Waals surface area contributed by atoms with Crippen molar-refractivity contribution < 1.29 is 9.47 Å². The van der Waals surface area contributed by atoms with E-state index >= 15 is 0 Å². The molecule has 2 rings (SSSR count). The van der Waals surface area contributed by atoms with E-state index in [0.29, 0.717) is 12.4 Å². The summed E-state index contributed by atoms with van der Waals surface area (Å²) in [6, 6.07) is 18.1. The van der Waals surface area contributed by atoms with Crippen molar-refractivity contribution in [2.75, 3.05) is 6.61 Å². The minimum atomic E-state index is -0.954. The molecule has 0 saturated carbocycles. The number of benzene rings is 2. The van der Waals surface area contributed by atoms with Crippen molar-refractivity contribution in [3.05, 3.63) is 54.6 Å². The highest BCUT2D eigenvalue weighted by molar-refractivity contribution is 9.30. The summed E-state index contributed by atoms with van der Waals surface area (Å²) in [5.41, 5.74) is 2.22. The lowest BCUT2D eigenvalue weighted by atomic mass is 10.1. The predicted molar refractivity (Wildman–Crippen MR) is 123 cm³/mol. The standard InChI is InChI=1S/C18H17Br5O2/c1-2-11-24-16(19)17(20,21)18(22,23)25-15-10-6-9-14(12-15)13-7-4-3-5-8-13/h3-10,12,16H,2,11H2,1H3. The lowest BCUT2D eigenvalue weighted by molar-refractivity contribution is 0.0913. The Morgan fingerprint density at radius 1 is 0.920 bits per heavy atom. The Balaban J connectivity index is 2.20. The van der Waals surface area contributed by atoms with Crippen LogP contribution < -0.4 is 4.74 Å². The third kappa shape index (κ3) is 5.79. The summed E-state index contributed by atoms with van der Waals surface area (Å²) in [6.45, 7) is 2.69. The molecule has 0 radical (unpaired) electrons. The van der Waals surface area contributed by atoms with Crippen molar-refractivity contribution in [2.45, 2.75) is 25.0 Å². The molecule has 0 spiro atoms. The Morgan fingerprint density at radius 2 is 1.56 bits per heavy atom. The molecule has 0 aliphatic rings. The van der Waals surface area contributed by atoms with E-state index in [-0.39, 0.29) is 5.01 Å². The van der Waals surface area contributed by atoms with E-state index in [2.05, 4.69) is 105 Å². The van der Waals surface area contributed by atoms with Crippen LogP contribution in [0.15, 0.2) is 54.6 Å². The smallest absolute Gasteiger partial charge is 0.246 e. The number of hydrogen-bond donors (Lipinski definition) is 0. The van der Waals surface area contributed by atoms with E-state index in [0.717, 1.165) is 17.5 Å². The Hall–Kier alpha value is 0.600. The van der Waals surface area contributed by atoms with E-state index in [1.54, 1.807) is 0 Å². The molecule has 2 nitrogen and oxygen atoms in total. The van der Waals surface area contributed by atoms with Crippen LogP contribution >= 0.6 is 79.6 Å². The number of alkyl halides is 5. The van der Waals surface area contributed by atoms with E-state index < -0.39 is 6.65 Å². The molecule has 25 heavy (non-hydrogen) atoms. The first-order valence-electron chi connectivity index (χ1n) is 7.63. The highest BCUT2D eigenvalue weighted by atomic mass is 79.9. The van der Waals surface area contributed by atoms with Crippen LogP contribution in [0.25, 0.3) is 11.1 Å². The van der Waals surface area contributed by atoms with Gasteiger partial charge in [-0.2, -0.15) is 0 Å². The fourth-order valence-corrected chi connectivity index (χ4v) is 4.38. The number of ether oxygens (including phenoxy) is 2. The first-order valence-corrected chi connectivity index (χ1v) is 11.7. The zero-order chi connectivity index (χ0) is 18.5. The van der Waals surface area contributed by atoms with Gasteiger partial charge in [0.25, 0.3) is 0 Å². The summed E-state index contributed by atoms with van der Waals surface area (Å²) < 4.78 is 10.2. The molecule has 2 aromatic carbocycles. The summed E-state index contributed by atoms with van der Waals surface area (Å²) in [4.78, 5) is 0.